The van der Waals surface area contributed by atoms with Crippen LogP contribution in [0.4, 0.5) is 5.69 Å². The summed E-state index contributed by atoms with van der Waals surface area (Å²) in [5.41, 5.74) is 3.10. The molecular formula is C13H19N3O. The predicted molar refractivity (Wildman–Crippen MR) is 67.8 cm³/mol. The number of aryl methyl sites for hydroxylation is 2. The molecule has 17 heavy (non-hydrogen) atoms. The first kappa shape index (κ1) is 13.5. The van der Waals surface area contributed by atoms with Gasteiger partial charge in [0.05, 0.1) is 23.0 Å². The molecule has 0 radical (unpaired) electrons. The SMILES string of the molecule is Cc1cc(NCCCC(C)O)c(C#N)c(C)n1. The van der Waals surface area contributed by atoms with Gasteiger partial charge in [0.25, 0.3) is 0 Å². The fraction of sp³-hybridized carbons (Fsp3) is 0.538. The topological polar surface area (TPSA) is 68.9 Å². The molecule has 0 saturated heterocycles. The molecule has 4 heteroatoms. The number of rotatable bonds is 5. The standard InChI is InChI=1S/C13H19N3O/c1-9-7-13(12(8-14)11(3)16-9)15-6-4-5-10(2)17/h7,10,17H,4-6H2,1-3H3,(H,15,16). The summed E-state index contributed by atoms with van der Waals surface area (Å²) >= 11 is 0. The number of hydrogen-bond acceptors (Lipinski definition) is 4. The van der Waals surface area contributed by atoms with Crippen LogP contribution in [0.2, 0.25) is 0 Å². The Balaban J connectivity index is 2.67. The van der Waals surface area contributed by atoms with E-state index >= 15 is 0 Å². The molecule has 2 N–H and O–H groups in total. The Morgan fingerprint density at radius 2 is 2.24 bits per heavy atom. The lowest BCUT2D eigenvalue weighted by atomic mass is 10.1. The maximum atomic E-state index is 9.15. The monoisotopic (exact) mass is 233 g/mol. The lowest BCUT2D eigenvalue weighted by Crippen LogP contribution is -2.08. The maximum Gasteiger partial charge on any atom is 0.103 e. The van der Waals surface area contributed by atoms with Gasteiger partial charge >= 0.3 is 0 Å². The first-order valence-corrected chi connectivity index (χ1v) is 5.85. The van der Waals surface area contributed by atoms with E-state index in [-0.39, 0.29) is 6.10 Å². The Kier molecular flexibility index (Phi) is 4.92. The third-order valence-electron chi connectivity index (χ3n) is 2.55. The minimum atomic E-state index is -0.270. The first-order chi connectivity index (χ1) is 8.04. The number of pyridine rings is 1. The van der Waals surface area contributed by atoms with Gasteiger partial charge in [-0.1, -0.05) is 0 Å². The Bertz CT molecular complexity index is 421. The van der Waals surface area contributed by atoms with Gasteiger partial charge in [0.15, 0.2) is 0 Å². The van der Waals surface area contributed by atoms with Crippen molar-refractivity contribution in [2.24, 2.45) is 0 Å². The molecular weight excluding hydrogens is 214 g/mol. The summed E-state index contributed by atoms with van der Waals surface area (Å²) < 4.78 is 0. The molecule has 0 aliphatic rings. The molecule has 1 aromatic heterocycles. The van der Waals surface area contributed by atoms with E-state index in [0.29, 0.717) is 5.56 Å². The van der Waals surface area contributed by atoms with E-state index in [1.165, 1.54) is 0 Å². The second kappa shape index (κ2) is 6.21. The summed E-state index contributed by atoms with van der Waals surface area (Å²) in [6.45, 7) is 6.28. The van der Waals surface area contributed by atoms with Gasteiger partial charge in [-0.25, -0.2) is 0 Å². The van der Waals surface area contributed by atoms with Crippen molar-refractivity contribution in [3.8, 4) is 6.07 Å². The van der Waals surface area contributed by atoms with Crippen LogP contribution < -0.4 is 5.32 Å². The molecule has 1 aromatic rings. The highest BCUT2D eigenvalue weighted by Gasteiger charge is 2.07. The largest absolute Gasteiger partial charge is 0.393 e. The molecule has 0 aliphatic heterocycles. The van der Waals surface area contributed by atoms with Gasteiger partial charge in [0.2, 0.25) is 0 Å². The van der Waals surface area contributed by atoms with Crippen molar-refractivity contribution >= 4 is 5.69 Å². The van der Waals surface area contributed by atoms with Crippen LogP contribution in [-0.2, 0) is 0 Å². The molecule has 0 amide bonds. The molecule has 0 fully saturated rings. The van der Waals surface area contributed by atoms with Crippen LogP contribution in [0.5, 0.6) is 0 Å². The third kappa shape index (κ3) is 4.04. The zero-order valence-electron chi connectivity index (χ0n) is 10.6. The summed E-state index contributed by atoms with van der Waals surface area (Å²) in [6, 6.07) is 4.05. The minimum absolute atomic E-state index is 0.270. The Labute approximate surface area is 102 Å². The van der Waals surface area contributed by atoms with Crippen molar-refractivity contribution in [3.05, 3.63) is 23.0 Å². The lowest BCUT2D eigenvalue weighted by Gasteiger charge is -2.11. The second-order valence-electron chi connectivity index (χ2n) is 4.30. The first-order valence-electron chi connectivity index (χ1n) is 5.85. The molecule has 1 atom stereocenters. The second-order valence-corrected chi connectivity index (χ2v) is 4.30. The summed E-state index contributed by atoms with van der Waals surface area (Å²) in [6.07, 6.45) is 1.37. The van der Waals surface area contributed by atoms with E-state index in [1.807, 2.05) is 19.9 Å². The molecule has 0 spiro atoms. The van der Waals surface area contributed by atoms with E-state index < -0.39 is 0 Å². The molecule has 0 aliphatic carbocycles. The molecule has 4 nitrogen and oxygen atoms in total. The van der Waals surface area contributed by atoms with E-state index in [9.17, 15) is 0 Å². The maximum absolute atomic E-state index is 9.15. The normalized spacial score (nSPS) is 11.9. The van der Waals surface area contributed by atoms with Crippen molar-refractivity contribution in [2.75, 3.05) is 11.9 Å². The van der Waals surface area contributed by atoms with E-state index in [4.69, 9.17) is 10.4 Å². The molecule has 0 saturated carbocycles. The van der Waals surface area contributed by atoms with Crippen LogP contribution in [-0.4, -0.2) is 22.7 Å². The zero-order chi connectivity index (χ0) is 12.8. The van der Waals surface area contributed by atoms with Gasteiger partial charge in [-0.15, -0.1) is 0 Å². The number of aromatic nitrogens is 1. The number of aliphatic hydroxyl groups is 1. The van der Waals surface area contributed by atoms with Crippen LogP contribution in [0, 0.1) is 25.2 Å². The summed E-state index contributed by atoms with van der Waals surface area (Å²) in [5.74, 6) is 0. The number of nitrogens with one attached hydrogen (secondary N) is 1. The summed E-state index contributed by atoms with van der Waals surface area (Å²) in [7, 11) is 0. The molecule has 92 valence electrons. The highest BCUT2D eigenvalue weighted by molar-refractivity contribution is 5.59. The predicted octanol–water partition coefficient (Wildman–Crippen LogP) is 2.14. The van der Waals surface area contributed by atoms with E-state index in [2.05, 4.69) is 16.4 Å². The molecule has 1 heterocycles. The van der Waals surface area contributed by atoms with Crippen molar-refractivity contribution in [2.45, 2.75) is 39.7 Å². The van der Waals surface area contributed by atoms with Crippen molar-refractivity contribution in [1.29, 1.82) is 5.26 Å². The zero-order valence-corrected chi connectivity index (χ0v) is 10.6. The van der Waals surface area contributed by atoms with Gasteiger partial charge in [-0.3, -0.25) is 4.98 Å². The highest BCUT2D eigenvalue weighted by atomic mass is 16.3. The summed E-state index contributed by atoms with van der Waals surface area (Å²) in [5, 5.41) is 21.4. The Morgan fingerprint density at radius 1 is 1.53 bits per heavy atom. The Hall–Kier alpha value is -1.60. The number of aliphatic hydroxyl groups excluding tert-OH is 1. The van der Waals surface area contributed by atoms with Crippen molar-refractivity contribution in [1.82, 2.24) is 4.98 Å². The van der Waals surface area contributed by atoms with Crippen LogP contribution in [0.25, 0.3) is 0 Å². The van der Waals surface area contributed by atoms with Crippen LogP contribution >= 0.6 is 0 Å². The van der Waals surface area contributed by atoms with Gasteiger partial charge in [0.1, 0.15) is 6.07 Å². The number of nitrogens with zero attached hydrogens (tertiary/aromatic N) is 2. The van der Waals surface area contributed by atoms with Gasteiger partial charge < -0.3 is 10.4 Å². The van der Waals surface area contributed by atoms with Crippen molar-refractivity contribution < 1.29 is 5.11 Å². The smallest absolute Gasteiger partial charge is 0.103 e. The Morgan fingerprint density at radius 3 is 2.82 bits per heavy atom. The third-order valence-corrected chi connectivity index (χ3v) is 2.55. The van der Waals surface area contributed by atoms with E-state index in [1.54, 1.807) is 6.92 Å². The quantitative estimate of drug-likeness (QED) is 0.764. The number of nitriles is 1. The van der Waals surface area contributed by atoms with Gasteiger partial charge in [-0.2, -0.15) is 5.26 Å². The fourth-order valence-corrected chi connectivity index (χ4v) is 1.73. The average Bonchev–Trinajstić information content (AvgIpc) is 2.23. The van der Waals surface area contributed by atoms with Crippen molar-refractivity contribution in [3.63, 3.8) is 0 Å². The average molecular weight is 233 g/mol. The minimum Gasteiger partial charge on any atom is -0.393 e. The van der Waals surface area contributed by atoms with Gasteiger partial charge in [-0.05, 0) is 39.7 Å². The summed E-state index contributed by atoms with van der Waals surface area (Å²) in [4.78, 5) is 4.26. The van der Waals surface area contributed by atoms with Crippen LogP contribution in [0.1, 0.15) is 36.7 Å². The molecule has 1 unspecified atom stereocenters. The molecule has 0 bridgehead atoms. The highest BCUT2D eigenvalue weighted by Crippen LogP contribution is 2.18. The van der Waals surface area contributed by atoms with Crippen LogP contribution in [0.3, 0.4) is 0 Å². The number of hydrogen-bond donors (Lipinski definition) is 2. The van der Waals surface area contributed by atoms with Crippen LogP contribution in [0.15, 0.2) is 6.07 Å². The fourth-order valence-electron chi connectivity index (χ4n) is 1.73. The molecule has 0 aromatic carbocycles. The number of anilines is 1. The van der Waals surface area contributed by atoms with Gasteiger partial charge in [0, 0.05) is 12.2 Å². The molecule has 1 rings (SSSR count). The van der Waals surface area contributed by atoms with E-state index in [0.717, 1.165) is 36.5 Å². The lowest BCUT2D eigenvalue weighted by molar-refractivity contribution is 0.183.